The molecule has 0 fully saturated rings. The van der Waals surface area contributed by atoms with Gasteiger partial charge < -0.3 is 5.73 Å². The summed E-state index contributed by atoms with van der Waals surface area (Å²) in [5.74, 6) is -0.181. The molecule has 0 amide bonds. The summed E-state index contributed by atoms with van der Waals surface area (Å²) < 4.78 is 13.0. The van der Waals surface area contributed by atoms with Gasteiger partial charge in [-0.25, -0.2) is 4.39 Å². The number of unbranched alkanes of at least 4 members (excludes halogenated alkanes) is 2. The number of rotatable bonds is 6. The Labute approximate surface area is 95.7 Å². The molecule has 0 atom stereocenters. The molecule has 1 aromatic carbocycles. The van der Waals surface area contributed by atoms with Crippen LogP contribution in [0.15, 0.2) is 18.2 Å². The summed E-state index contributed by atoms with van der Waals surface area (Å²) in [5, 5.41) is 0. The first-order valence-corrected chi connectivity index (χ1v) is 5.64. The van der Waals surface area contributed by atoms with Gasteiger partial charge in [0.1, 0.15) is 5.82 Å². The highest BCUT2D eigenvalue weighted by Gasteiger charge is 2.07. The van der Waals surface area contributed by atoms with Crippen molar-refractivity contribution < 1.29 is 9.18 Å². The van der Waals surface area contributed by atoms with Crippen molar-refractivity contribution in [3.63, 3.8) is 0 Å². The zero-order chi connectivity index (χ0) is 12.0. The Morgan fingerprint density at radius 1 is 1.31 bits per heavy atom. The minimum Gasteiger partial charge on any atom is -0.330 e. The van der Waals surface area contributed by atoms with Crippen molar-refractivity contribution in [2.45, 2.75) is 32.6 Å². The Kier molecular flexibility index (Phi) is 5.12. The average molecular weight is 223 g/mol. The monoisotopic (exact) mass is 223 g/mol. The van der Waals surface area contributed by atoms with E-state index in [1.807, 2.05) is 0 Å². The molecular weight excluding hydrogens is 205 g/mol. The fourth-order valence-corrected chi connectivity index (χ4v) is 1.57. The van der Waals surface area contributed by atoms with Crippen molar-refractivity contribution in [2.24, 2.45) is 5.73 Å². The summed E-state index contributed by atoms with van der Waals surface area (Å²) in [6, 6.07) is 4.51. The summed E-state index contributed by atoms with van der Waals surface area (Å²) in [6.45, 7) is 2.34. The molecule has 0 radical (unpaired) electrons. The lowest BCUT2D eigenvalue weighted by Gasteiger charge is -2.03. The smallest absolute Gasteiger partial charge is 0.162 e. The fourth-order valence-electron chi connectivity index (χ4n) is 1.57. The first-order valence-electron chi connectivity index (χ1n) is 5.64. The number of halogens is 1. The molecule has 0 aliphatic carbocycles. The van der Waals surface area contributed by atoms with Crippen LogP contribution in [-0.2, 0) is 0 Å². The number of ketones is 1. The van der Waals surface area contributed by atoms with E-state index in [9.17, 15) is 9.18 Å². The minimum atomic E-state index is -0.264. The third kappa shape index (κ3) is 3.74. The van der Waals surface area contributed by atoms with E-state index in [-0.39, 0.29) is 11.6 Å². The third-order valence-electron chi connectivity index (χ3n) is 2.59. The van der Waals surface area contributed by atoms with Gasteiger partial charge in [0.25, 0.3) is 0 Å². The molecule has 0 aromatic heterocycles. The highest BCUT2D eigenvalue weighted by Crippen LogP contribution is 2.12. The molecule has 0 unspecified atom stereocenters. The molecule has 16 heavy (non-hydrogen) atoms. The molecule has 0 aliphatic heterocycles. The van der Waals surface area contributed by atoms with Crippen LogP contribution in [0.25, 0.3) is 0 Å². The van der Waals surface area contributed by atoms with Gasteiger partial charge in [-0.05, 0) is 50.1 Å². The minimum absolute atomic E-state index is 0.0834. The van der Waals surface area contributed by atoms with Gasteiger partial charge in [0, 0.05) is 12.0 Å². The van der Waals surface area contributed by atoms with Gasteiger partial charge in [-0.3, -0.25) is 4.79 Å². The molecule has 2 nitrogen and oxygen atoms in total. The molecule has 3 heteroatoms. The lowest BCUT2D eigenvalue weighted by molar-refractivity contribution is 0.0979. The van der Waals surface area contributed by atoms with E-state index in [4.69, 9.17) is 5.73 Å². The number of carbonyl (C=O) groups excluding carboxylic acids is 1. The highest BCUT2D eigenvalue weighted by molar-refractivity contribution is 5.96. The van der Waals surface area contributed by atoms with E-state index < -0.39 is 0 Å². The summed E-state index contributed by atoms with van der Waals surface area (Å²) >= 11 is 0. The normalized spacial score (nSPS) is 10.4. The van der Waals surface area contributed by atoms with Crippen LogP contribution >= 0.6 is 0 Å². The van der Waals surface area contributed by atoms with E-state index >= 15 is 0 Å². The van der Waals surface area contributed by atoms with Gasteiger partial charge >= 0.3 is 0 Å². The Bertz CT molecular complexity index is 363. The van der Waals surface area contributed by atoms with Gasteiger partial charge in [-0.1, -0.05) is 6.42 Å². The van der Waals surface area contributed by atoms with Gasteiger partial charge in [0.15, 0.2) is 5.78 Å². The number of hydrogen-bond donors (Lipinski definition) is 1. The molecule has 0 heterocycles. The van der Waals surface area contributed by atoms with Crippen LogP contribution in [0.2, 0.25) is 0 Å². The van der Waals surface area contributed by atoms with Crippen molar-refractivity contribution in [1.29, 1.82) is 0 Å². The quantitative estimate of drug-likeness (QED) is 0.595. The number of hydrogen-bond acceptors (Lipinski definition) is 2. The van der Waals surface area contributed by atoms with E-state index in [1.165, 1.54) is 6.07 Å². The second kappa shape index (κ2) is 6.38. The van der Waals surface area contributed by atoms with E-state index in [1.54, 1.807) is 19.1 Å². The van der Waals surface area contributed by atoms with Crippen molar-refractivity contribution >= 4 is 5.78 Å². The molecule has 1 rings (SSSR count). The van der Waals surface area contributed by atoms with Gasteiger partial charge in [-0.15, -0.1) is 0 Å². The van der Waals surface area contributed by atoms with Crippen molar-refractivity contribution in [1.82, 2.24) is 0 Å². The number of benzene rings is 1. The van der Waals surface area contributed by atoms with Crippen LogP contribution in [0.3, 0.4) is 0 Å². The largest absolute Gasteiger partial charge is 0.330 e. The molecule has 1 aromatic rings. The fraction of sp³-hybridized carbons (Fsp3) is 0.462. The Morgan fingerprint density at radius 3 is 2.69 bits per heavy atom. The van der Waals surface area contributed by atoms with E-state index in [0.29, 0.717) is 24.1 Å². The summed E-state index contributed by atoms with van der Waals surface area (Å²) in [5.41, 5.74) is 6.49. The van der Waals surface area contributed by atoms with E-state index in [2.05, 4.69) is 0 Å². The molecule has 0 saturated heterocycles. The summed E-state index contributed by atoms with van der Waals surface area (Å²) in [7, 11) is 0. The summed E-state index contributed by atoms with van der Waals surface area (Å²) in [4.78, 5) is 11.7. The predicted molar refractivity (Wildman–Crippen MR) is 63.0 cm³/mol. The Morgan fingerprint density at radius 2 is 2.06 bits per heavy atom. The first kappa shape index (κ1) is 12.8. The van der Waals surface area contributed by atoms with Crippen molar-refractivity contribution in [3.05, 3.63) is 35.1 Å². The third-order valence-corrected chi connectivity index (χ3v) is 2.59. The molecule has 0 spiro atoms. The maximum atomic E-state index is 13.0. The zero-order valence-electron chi connectivity index (χ0n) is 9.63. The Balaban J connectivity index is 2.50. The molecule has 0 aliphatic rings. The standard InChI is InChI=1S/C13H18FNO/c1-10-9-11(6-7-12(10)14)13(16)5-3-2-4-8-15/h6-7,9H,2-5,8,15H2,1H3. The topological polar surface area (TPSA) is 43.1 Å². The van der Waals surface area contributed by atoms with Crippen LogP contribution in [0.1, 0.15) is 41.6 Å². The van der Waals surface area contributed by atoms with Gasteiger partial charge in [0.05, 0.1) is 0 Å². The van der Waals surface area contributed by atoms with Gasteiger partial charge in [0.2, 0.25) is 0 Å². The van der Waals surface area contributed by atoms with Crippen LogP contribution in [0, 0.1) is 12.7 Å². The molecule has 2 N–H and O–H groups in total. The highest BCUT2D eigenvalue weighted by atomic mass is 19.1. The zero-order valence-corrected chi connectivity index (χ0v) is 9.63. The lowest BCUT2D eigenvalue weighted by Crippen LogP contribution is -2.02. The average Bonchev–Trinajstić information content (AvgIpc) is 2.28. The maximum absolute atomic E-state index is 13.0. The second-order valence-corrected chi connectivity index (χ2v) is 3.99. The molecular formula is C13H18FNO. The Hall–Kier alpha value is -1.22. The number of nitrogens with two attached hydrogens (primary N) is 1. The first-order chi connectivity index (χ1) is 7.65. The SMILES string of the molecule is Cc1cc(C(=O)CCCCCN)ccc1F. The predicted octanol–water partition coefficient (Wildman–Crippen LogP) is 2.84. The number of carbonyl (C=O) groups is 1. The van der Waals surface area contributed by atoms with Crippen LogP contribution in [-0.4, -0.2) is 12.3 Å². The number of aryl methyl sites for hydroxylation is 1. The molecule has 0 saturated carbocycles. The lowest BCUT2D eigenvalue weighted by atomic mass is 10.0. The van der Waals surface area contributed by atoms with Crippen LogP contribution in [0.5, 0.6) is 0 Å². The van der Waals surface area contributed by atoms with Crippen LogP contribution < -0.4 is 5.73 Å². The van der Waals surface area contributed by atoms with Gasteiger partial charge in [-0.2, -0.15) is 0 Å². The maximum Gasteiger partial charge on any atom is 0.162 e. The number of Topliss-reactive ketones (excluding diaryl/α,β-unsaturated/α-hetero) is 1. The summed E-state index contributed by atoms with van der Waals surface area (Å²) in [6.07, 6.45) is 3.30. The van der Waals surface area contributed by atoms with E-state index in [0.717, 1.165) is 19.3 Å². The van der Waals surface area contributed by atoms with Crippen LogP contribution in [0.4, 0.5) is 4.39 Å². The van der Waals surface area contributed by atoms with Crippen molar-refractivity contribution in [3.8, 4) is 0 Å². The molecule has 88 valence electrons. The van der Waals surface area contributed by atoms with Crippen molar-refractivity contribution in [2.75, 3.05) is 6.54 Å². The second-order valence-electron chi connectivity index (χ2n) is 3.99. The molecule has 0 bridgehead atoms.